The molecule has 0 aliphatic carbocycles. The van der Waals surface area contributed by atoms with Crippen LogP contribution in [0.2, 0.25) is 0 Å². The van der Waals surface area contributed by atoms with Gasteiger partial charge in [-0.15, -0.1) is 0 Å². The molecule has 9 heteroatoms. The molecule has 0 fully saturated rings. The largest absolute Gasteiger partial charge is 0.496 e. The summed E-state index contributed by atoms with van der Waals surface area (Å²) in [7, 11) is 0.600. The van der Waals surface area contributed by atoms with Crippen molar-refractivity contribution in [2.45, 2.75) is 50.8 Å². The third kappa shape index (κ3) is 5.57. The van der Waals surface area contributed by atoms with Gasteiger partial charge in [-0.25, -0.2) is 18.1 Å². The van der Waals surface area contributed by atoms with Crippen LogP contribution in [0.5, 0.6) is 11.6 Å². The van der Waals surface area contributed by atoms with Gasteiger partial charge < -0.3 is 14.2 Å². The molecule has 148 valence electrons. The molecule has 0 bridgehead atoms. The minimum Gasteiger partial charge on any atom is -0.496 e. The molecular formula is C17H28N2O6S. The fraction of sp³-hybridized carbons (Fsp3) is 0.647. The Balaban J connectivity index is 3.26. The molecule has 1 unspecified atom stereocenters. The first-order chi connectivity index (χ1) is 12.1. The van der Waals surface area contributed by atoms with E-state index in [4.69, 9.17) is 9.47 Å². The third-order valence-electron chi connectivity index (χ3n) is 3.88. The Morgan fingerprint density at radius 2 is 1.88 bits per heavy atom. The molecule has 1 aromatic heterocycles. The fourth-order valence-electron chi connectivity index (χ4n) is 2.28. The predicted octanol–water partition coefficient (Wildman–Crippen LogP) is 2.20. The van der Waals surface area contributed by atoms with Crippen LogP contribution < -0.4 is 14.2 Å². The third-order valence-corrected chi connectivity index (χ3v) is 6.09. The summed E-state index contributed by atoms with van der Waals surface area (Å²) >= 11 is 0. The first kappa shape index (κ1) is 22.2. The maximum absolute atomic E-state index is 12.7. The molecule has 0 saturated heterocycles. The van der Waals surface area contributed by atoms with Gasteiger partial charge in [0.05, 0.1) is 37.7 Å². The maximum Gasteiger partial charge on any atom is 0.305 e. The Bertz CT molecular complexity index is 690. The lowest BCUT2D eigenvalue weighted by atomic mass is 10.0. The van der Waals surface area contributed by atoms with E-state index in [1.165, 1.54) is 27.5 Å². The Hall–Kier alpha value is -1.87. The van der Waals surface area contributed by atoms with Gasteiger partial charge in [0.2, 0.25) is 15.9 Å². The molecule has 0 amide bonds. The van der Waals surface area contributed by atoms with E-state index in [0.717, 1.165) is 0 Å². The number of nitrogens with one attached hydrogen (secondary N) is 1. The van der Waals surface area contributed by atoms with Crippen molar-refractivity contribution in [2.24, 2.45) is 0 Å². The molecule has 1 aromatic rings. The molecule has 1 N–H and O–H groups in total. The Morgan fingerprint density at radius 3 is 2.38 bits per heavy atom. The monoisotopic (exact) mass is 388 g/mol. The molecule has 1 rings (SSSR count). The second kappa shape index (κ2) is 9.18. The number of nitrogens with zero attached hydrogens (tertiary/aromatic N) is 1. The number of methoxy groups -OCH3 is 3. The van der Waals surface area contributed by atoms with Gasteiger partial charge in [-0.05, 0) is 39.7 Å². The van der Waals surface area contributed by atoms with Crippen molar-refractivity contribution < 1.29 is 27.4 Å². The number of sulfonamides is 1. The number of hydrogen-bond acceptors (Lipinski definition) is 7. The topological polar surface area (TPSA) is 104 Å². The van der Waals surface area contributed by atoms with Gasteiger partial charge in [0.1, 0.15) is 5.75 Å². The summed E-state index contributed by atoms with van der Waals surface area (Å²) in [5.74, 6) is 0.369. The molecule has 26 heavy (non-hydrogen) atoms. The van der Waals surface area contributed by atoms with E-state index in [-0.39, 0.29) is 18.3 Å². The highest BCUT2D eigenvalue weighted by Crippen LogP contribution is 2.36. The molecule has 0 saturated carbocycles. The SMILES string of the molecule is COC(=O)CCCC(NS(=O)(=O)C(C)(C)C)c1c(OC)ccnc1OC. The lowest BCUT2D eigenvalue weighted by molar-refractivity contribution is -0.140. The minimum absolute atomic E-state index is 0.176. The summed E-state index contributed by atoms with van der Waals surface area (Å²) in [5, 5.41) is 0. The van der Waals surface area contributed by atoms with Gasteiger partial charge in [0.25, 0.3) is 0 Å². The Kier molecular flexibility index (Phi) is 7.83. The van der Waals surface area contributed by atoms with Crippen LogP contribution in [-0.4, -0.2) is 45.4 Å². The van der Waals surface area contributed by atoms with Gasteiger partial charge in [0, 0.05) is 12.6 Å². The first-order valence-corrected chi connectivity index (χ1v) is 9.71. The number of carbonyl (C=O) groups excluding carboxylic acids is 1. The second-order valence-electron chi connectivity index (χ2n) is 6.69. The molecule has 8 nitrogen and oxygen atoms in total. The summed E-state index contributed by atoms with van der Waals surface area (Å²) in [6, 6.07) is 0.971. The van der Waals surface area contributed by atoms with Gasteiger partial charge in [0.15, 0.2) is 0 Å². The van der Waals surface area contributed by atoms with E-state index in [1.54, 1.807) is 26.8 Å². The van der Waals surface area contributed by atoms with Crippen LogP contribution in [0.25, 0.3) is 0 Å². The number of aromatic nitrogens is 1. The van der Waals surface area contributed by atoms with Crippen LogP contribution >= 0.6 is 0 Å². The van der Waals surface area contributed by atoms with Crippen molar-refractivity contribution >= 4 is 16.0 Å². The molecule has 0 spiro atoms. The van der Waals surface area contributed by atoms with Crippen LogP contribution in [0.1, 0.15) is 51.6 Å². The molecule has 1 atom stereocenters. The molecule has 1 heterocycles. The average molecular weight is 388 g/mol. The van der Waals surface area contributed by atoms with Crippen LogP contribution in [0.3, 0.4) is 0 Å². The van der Waals surface area contributed by atoms with E-state index in [9.17, 15) is 13.2 Å². The van der Waals surface area contributed by atoms with Crippen LogP contribution in [-0.2, 0) is 19.6 Å². The van der Waals surface area contributed by atoms with Gasteiger partial charge in [-0.3, -0.25) is 4.79 Å². The van der Waals surface area contributed by atoms with E-state index >= 15 is 0 Å². The van der Waals surface area contributed by atoms with Gasteiger partial charge >= 0.3 is 5.97 Å². The highest BCUT2D eigenvalue weighted by atomic mass is 32.2. The number of esters is 1. The Morgan fingerprint density at radius 1 is 1.23 bits per heavy atom. The standard InChI is InChI=1S/C17H28N2O6S/c1-17(2,3)26(21,22)19-12(8-7-9-14(20)24-5)15-13(23-4)10-11-18-16(15)25-6/h10-12,19H,7-9H2,1-6H3. The second-order valence-corrected chi connectivity index (χ2v) is 9.16. The summed E-state index contributed by atoms with van der Waals surface area (Å²) in [6.07, 6.45) is 2.47. The first-order valence-electron chi connectivity index (χ1n) is 8.23. The minimum atomic E-state index is -3.66. The quantitative estimate of drug-likeness (QED) is 0.647. The molecule has 0 radical (unpaired) electrons. The number of carbonyl (C=O) groups is 1. The van der Waals surface area contributed by atoms with Crippen molar-refractivity contribution in [3.05, 3.63) is 17.8 Å². The lowest BCUT2D eigenvalue weighted by Crippen LogP contribution is -2.41. The molecule has 0 aliphatic heterocycles. The van der Waals surface area contributed by atoms with Crippen LogP contribution in [0.15, 0.2) is 12.3 Å². The zero-order chi connectivity index (χ0) is 20.0. The van der Waals surface area contributed by atoms with Crippen LogP contribution in [0.4, 0.5) is 0 Å². The zero-order valence-corrected chi connectivity index (χ0v) is 17.0. The fourth-order valence-corrected chi connectivity index (χ4v) is 3.24. The van der Waals surface area contributed by atoms with Crippen LogP contribution in [0, 0.1) is 0 Å². The summed E-state index contributed by atoms with van der Waals surface area (Å²) in [5.41, 5.74) is 0.496. The summed E-state index contributed by atoms with van der Waals surface area (Å²) < 4.78 is 42.4. The van der Waals surface area contributed by atoms with E-state index in [0.29, 0.717) is 24.2 Å². The van der Waals surface area contributed by atoms with E-state index in [2.05, 4.69) is 14.4 Å². The number of hydrogen-bond donors (Lipinski definition) is 1. The van der Waals surface area contributed by atoms with Gasteiger partial charge in [-0.1, -0.05) is 0 Å². The smallest absolute Gasteiger partial charge is 0.305 e. The average Bonchev–Trinajstić information content (AvgIpc) is 2.58. The molecule has 0 aromatic carbocycles. The summed E-state index contributed by atoms with van der Waals surface area (Å²) in [6.45, 7) is 4.83. The highest BCUT2D eigenvalue weighted by Gasteiger charge is 2.34. The normalized spacial score (nSPS) is 13.2. The van der Waals surface area contributed by atoms with Crippen molar-refractivity contribution in [1.82, 2.24) is 9.71 Å². The van der Waals surface area contributed by atoms with Gasteiger partial charge in [-0.2, -0.15) is 0 Å². The molecular weight excluding hydrogens is 360 g/mol. The molecule has 0 aliphatic rings. The zero-order valence-electron chi connectivity index (χ0n) is 16.2. The van der Waals surface area contributed by atoms with Crippen molar-refractivity contribution in [3.63, 3.8) is 0 Å². The predicted molar refractivity (Wildman–Crippen MR) is 97.8 cm³/mol. The van der Waals surface area contributed by atoms with E-state index in [1.807, 2.05) is 0 Å². The van der Waals surface area contributed by atoms with Crippen molar-refractivity contribution in [1.29, 1.82) is 0 Å². The van der Waals surface area contributed by atoms with E-state index < -0.39 is 20.8 Å². The highest BCUT2D eigenvalue weighted by molar-refractivity contribution is 7.90. The Labute approximate surface area is 155 Å². The maximum atomic E-state index is 12.7. The number of pyridine rings is 1. The van der Waals surface area contributed by atoms with Crippen molar-refractivity contribution in [3.8, 4) is 11.6 Å². The lowest BCUT2D eigenvalue weighted by Gasteiger charge is -2.27. The summed E-state index contributed by atoms with van der Waals surface area (Å²) in [4.78, 5) is 15.5. The van der Waals surface area contributed by atoms with Crippen molar-refractivity contribution in [2.75, 3.05) is 21.3 Å². The number of ether oxygens (including phenoxy) is 3. The number of rotatable bonds is 9.